The molecule has 0 unspecified atom stereocenters. The van der Waals surface area contributed by atoms with Crippen molar-refractivity contribution in [3.63, 3.8) is 0 Å². The first-order valence-electron chi connectivity index (χ1n) is 13.2. The predicted molar refractivity (Wildman–Crippen MR) is 156 cm³/mol. The molecule has 0 aliphatic carbocycles. The van der Waals surface area contributed by atoms with Crippen molar-refractivity contribution in [3.05, 3.63) is 47.8 Å². The molecule has 4 rings (SSSR count). The van der Waals surface area contributed by atoms with E-state index in [0.29, 0.717) is 35.7 Å². The number of fused-ring (bicyclic) bond motifs is 1. The highest BCUT2D eigenvalue weighted by molar-refractivity contribution is 6.83. The molecular formula is C30H37FN4O3Si. The summed E-state index contributed by atoms with van der Waals surface area (Å²) in [4.78, 5) is 14.3. The number of anilines is 1. The summed E-state index contributed by atoms with van der Waals surface area (Å²) in [6.45, 7) is 13.2. The van der Waals surface area contributed by atoms with Crippen LogP contribution in [0.2, 0.25) is 19.6 Å². The fourth-order valence-electron chi connectivity index (χ4n) is 4.44. The molecule has 1 aliphatic heterocycles. The number of carbonyl (C=O) groups excluding carboxylic acids is 1. The number of benzene rings is 2. The van der Waals surface area contributed by atoms with E-state index in [1.165, 1.54) is 12.1 Å². The second-order valence-corrected chi connectivity index (χ2v) is 16.7. The van der Waals surface area contributed by atoms with Crippen LogP contribution in [0.4, 0.5) is 15.0 Å². The molecule has 1 saturated heterocycles. The van der Waals surface area contributed by atoms with Crippen molar-refractivity contribution in [1.82, 2.24) is 15.1 Å². The molecule has 0 radical (unpaired) electrons. The second kappa shape index (κ2) is 11.2. The summed E-state index contributed by atoms with van der Waals surface area (Å²) in [5, 5.41) is 13.8. The van der Waals surface area contributed by atoms with Gasteiger partial charge in [0.25, 0.3) is 0 Å². The first-order valence-corrected chi connectivity index (χ1v) is 16.7. The van der Waals surface area contributed by atoms with E-state index >= 15 is 0 Å². The zero-order valence-corrected chi connectivity index (χ0v) is 24.8. The molecule has 0 spiro atoms. The number of amides is 1. The molecule has 2 heterocycles. The maximum atomic E-state index is 14.5. The number of rotatable bonds is 4. The van der Waals surface area contributed by atoms with Crippen LogP contribution in [0.3, 0.4) is 0 Å². The van der Waals surface area contributed by atoms with Crippen LogP contribution in [-0.2, 0) is 4.74 Å². The van der Waals surface area contributed by atoms with E-state index in [2.05, 4.69) is 46.6 Å². The smallest absolute Gasteiger partial charge is 0.410 e. The van der Waals surface area contributed by atoms with E-state index < -0.39 is 13.7 Å². The van der Waals surface area contributed by atoms with Gasteiger partial charge in [0.1, 0.15) is 30.9 Å². The Morgan fingerprint density at radius 3 is 2.59 bits per heavy atom. The van der Waals surface area contributed by atoms with Gasteiger partial charge in [0.05, 0.1) is 7.11 Å². The maximum Gasteiger partial charge on any atom is 0.410 e. The molecule has 1 amide bonds. The van der Waals surface area contributed by atoms with Gasteiger partial charge in [0.2, 0.25) is 0 Å². The van der Waals surface area contributed by atoms with Gasteiger partial charge in [0, 0.05) is 41.0 Å². The number of nitrogens with one attached hydrogen (secondary N) is 1. The van der Waals surface area contributed by atoms with E-state index in [4.69, 9.17) is 9.47 Å². The Balaban J connectivity index is 1.66. The summed E-state index contributed by atoms with van der Waals surface area (Å²) in [7, 11) is 0.0816. The van der Waals surface area contributed by atoms with E-state index in [1.54, 1.807) is 18.1 Å². The topological polar surface area (TPSA) is 76.6 Å². The van der Waals surface area contributed by atoms with Crippen LogP contribution in [0.5, 0.6) is 5.75 Å². The van der Waals surface area contributed by atoms with Crippen molar-refractivity contribution in [1.29, 1.82) is 0 Å². The summed E-state index contributed by atoms with van der Waals surface area (Å²) in [6.07, 6.45) is 1.32. The lowest BCUT2D eigenvalue weighted by Gasteiger charge is -2.34. The number of likely N-dealkylation sites (tertiary alicyclic amines) is 1. The molecule has 3 aromatic rings. The standard InChI is InChI=1S/C30H37FN4O3Si/c1-30(2,3)38-29(36)35-15-8-9-22(19-35)32-28-25-18-21(31)11-13-23(25)27(33-34-28)24-12-10-20(17-26(24)37-4)14-16-39(5,6)7/h10-13,17-18,22H,8-9,15,19H2,1-7H3,(H,32,34)/t22-/m1/s1. The van der Waals surface area contributed by atoms with Crippen LogP contribution >= 0.6 is 0 Å². The second-order valence-electron chi connectivity index (χ2n) is 11.9. The molecule has 1 aromatic heterocycles. The lowest BCUT2D eigenvalue weighted by molar-refractivity contribution is 0.0206. The highest BCUT2D eigenvalue weighted by atomic mass is 28.3. The third-order valence-corrected chi connectivity index (χ3v) is 7.07. The average molecular weight is 549 g/mol. The highest BCUT2D eigenvalue weighted by Gasteiger charge is 2.28. The molecule has 0 saturated carbocycles. The Kier molecular flexibility index (Phi) is 8.16. The summed E-state index contributed by atoms with van der Waals surface area (Å²) < 4.78 is 25.7. The number of hydrogen-bond acceptors (Lipinski definition) is 6. The van der Waals surface area contributed by atoms with Gasteiger partial charge in [-0.2, -0.15) is 0 Å². The van der Waals surface area contributed by atoms with Crippen LogP contribution in [-0.4, -0.2) is 61.1 Å². The molecule has 0 bridgehead atoms. The number of methoxy groups -OCH3 is 1. The van der Waals surface area contributed by atoms with Gasteiger partial charge in [-0.3, -0.25) is 0 Å². The lowest BCUT2D eigenvalue weighted by Crippen LogP contribution is -2.47. The third-order valence-electron chi connectivity index (χ3n) is 6.19. The molecule has 7 nitrogen and oxygen atoms in total. The van der Waals surface area contributed by atoms with E-state index in [1.807, 2.05) is 39.0 Å². The minimum absolute atomic E-state index is 0.0725. The van der Waals surface area contributed by atoms with Crippen molar-refractivity contribution in [2.24, 2.45) is 0 Å². The molecule has 1 atom stereocenters. The Labute approximate surface area is 231 Å². The first kappa shape index (κ1) is 28.4. The number of hydrogen-bond donors (Lipinski definition) is 1. The number of carbonyl (C=O) groups is 1. The lowest BCUT2D eigenvalue weighted by atomic mass is 10.0. The SMILES string of the molecule is COc1cc(C#C[Si](C)(C)C)ccc1-c1nnc(N[C@@H]2CCCN(C(=O)OC(C)(C)C)C2)c2cc(F)ccc12. The van der Waals surface area contributed by atoms with Crippen molar-refractivity contribution >= 4 is 30.8 Å². The summed E-state index contributed by atoms with van der Waals surface area (Å²) in [6, 6.07) is 10.3. The zero-order chi connectivity index (χ0) is 28.4. The number of ether oxygens (including phenoxy) is 2. The number of piperidine rings is 1. The van der Waals surface area contributed by atoms with E-state index in [0.717, 1.165) is 29.4 Å². The fourth-order valence-corrected chi connectivity index (χ4v) is 4.96. The van der Waals surface area contributed by atoms with Crippen LogP contribution in [0.15, 0.2) is 36.4 Å². The number of aromatic nitrogens is 2. The maximum absolute atomic E-state index is 14.5. The molecule has 2 aromatic carbocycles. The van der Waals surface area contributed by atoms with Gasteiger partial charge in [0.15, 0.2) is 5.82 Å². The van der Waals surface area contributed by atoms with Gasteiger partial charge in [-0.1, -0.05) is 25.6 Å². The van der Waals surface area contributed by atoms with Gasteiger partial charge in [-0.05, 0) is 70.0 Å². The largest absolute Gasteiger partial charge is 0.496 e. The monoisotopic (exact) mass is 548 g/mol. The van der Waals surface area contributed by atoms with Crippen molar-refractivity contribution in [3.8, 4) is 28.5 Å². The molecular weight excluding hydrogens is 511 g/mol. The van der Waals surface area contributed by atoms with Gasteiger partial charge < -0.3 is 19.7 Å². The van der Waals surface area contributed by atoms with E-state index in [9.17, 15) is 9.18 Å². The number of halogens is 1. The molecule has 1 N–H and O–H groups in total. The van der Waals surface area contributed by atoms with Crippen LogP contribution in [0.25, 0.3) is 22.0 Å². The zero-order valence-electron chi connectivity index (χ0n) is 23.8. The van der Waals surface area contributed by atoms with Crippen molar-refractivity contribution < 1.29 is 18.7 Å². The van der Waals surface area contributed by atoms with Gasteiger partial charge in [-0.25, -0.2) is 9.18 Å². The van der Waals surface area contributed by atoms with Gasteiger partial charge >= 0.3 is 6.09 Å². The quantitative estimate of drug-likeness (QED) is 0.297. The number of nitrogens with zero attached hydrogens (tertiary/aromatic N) is 3. The minimum Gasteiger partial charge on any atom is -0.496 e. The molecule has 39 heavy (non-hydrogen) atoms. The van der Waals surface area contributed by atoms with Crippen LogP contribution in [0.1, 0.15) is 39.2 Å². The Hall–Kier alpha value is -3.64. The minimum atomic E-state index is -1.53. The van der Waals surface area contributed by atoms with Crippen LogP contribution < -0.4 is 10.1 Å². The van der Waals surface area contributed by atoms with Gasteiger partial charge in [-0.15, -0.1) is 15.7 Å². The van der Waals surface area contributed by atoms with Crippen LogP contribution in [0, 0.1) is 17.3 Å². The van der Waals surface area contributed by atoms with Crippen molar-refractivity contribution in [2.75, 3.05) is 25.5 Å². The Morgan fingerprint density at radius 1 is 1.13 bits per heavy atom. The average Bonchev–Trinajstić information content (AvgIpc) is 2.86. The first-order chi connectivity index (χ1) is 18.3. The highest BCUT2D eigenvalue weighted by Crippen LogP contribution is 2.36. The van der Waals surface area contributed by atoms with Crippen molar-refractivity contribution in [2.45, 2.75) is 64.9 Å². The predicted octanol–water partition coefficient (Wildman–Crippen LogP) is 6.48. The molecule has 1 fully saturated rings. The third kappa shape index (κ3) is 7.27. The summed E-state index contributed by atoms with van der Waals surface area (Å²) in [5.74, 6) is 3.99. The summed E-state index contributed by atoms with van der Waals surface area (Å²) in [5.41, 5.74) is 5.02. The molecule has 1 aliphatic rings. The Bertz CT molecular complexity index is 1440. The molecule has 206 valence electrons. The normalized spacial score (nSPS) is 15.9. The summed E-state index contributed by atoms with van der Waals surface area (Å²) >= 11 is 0. The Morgan fingerprint density at radius 2 is 1.90 bits per heavy atom. The van der Waals surface area contributed by atoms with E-state index in [-0.39, 0.29) is 18.0 Å². The molecule has 9 heteroatoms. The fraction of sp³-hybridized carbons (Fsp3) is 0.433.